The van der Waals surface area contributed by atoms with Crippen molar-refractivity contribution in [3.8, 4) is 0 Å². The predicted molar refractivity (Wildman–Crippen MR) is 102 cm³/mol. The smallest absolute Gasteiger partial charge is 0.269 e. The number of amides is 1. The molecule has 1 aliphatic carbocycles. The summed E-state index contributed by atoms with van der Waals surface area (Å²) in [5.74, 6) is -0.117. The molecule has 0 aromatic heterocycles. The molecule has 3 rings (SSSR count). The van der Waals surface area contributed by atoms with Crippen LogP contribution in [0.5, 0.6) is 0 Å². The molecule has 0 atom stereocenters. The normalized spacial score (nSPS) is 15.5. The summed E-state index contributed by atoms with van der Waals surface area (Å²) in [6, 6.07) is 16.1. The first-order chi connectivity index (χ1) is 12.6. The van der Waals surface area contributed by atoms with Gasteiger partial charge in [-0.2, -0.15) is 0 Å². The molecule has 0 bridgehead atoms. The van der Waals surface area contributed by atoms with Gasteiger partial charge in [0.05, 0.1) is 4.92 Å². The van der Waals surface area contributed by atoms with Crippen molar-refractivity contribution in [2.75, 3.05) is 0 Å². The molecule has 5 heteroatoms. The zero-order valence-electron chi connectivity index (χ0n) is 14.6. The lowest BCUT2D eigenvalue weighted by Gasteiger charge is -2.22. The number of hydrogen-bond acceptors (Lipinski definition) is 3. The topological polar surface area (TPSA) is 72.2 Å². The molecular formula is C21H22N2O3. The van der Waals surface area contributed by atoms with Crippen molar-refractivity contribution in [3.05, 3.63) is 81.9 Å². The number of non-ortho nitro benzene ring substituents is 1. The van der Waals surface area contributed by atoms with Crippen LogP contribution in [0.15, 0.2) is 60.7 Å². The van der Waals surface area contributed by atoms with Gasteiger partial charge in [0, 0.05) is 24.3 Å². The summed E-state index contributed by atoms with van der Waals surface area (Å²) < 4.78 is 0. The average molecular weight is 350 g/mol. The molecule has 26 heavy (non-hydrogen) atoms. The number of benzene rings is 2. The van der Waals surface area contributed by atoms with Crippen molar-refractivity contribution in [1.29, 1.82) is 0 Å². The van der Waals surface area contributed by atoms with Crippen LogP contribution >= 0.6 is 0 Å². The monoisotopic (exact) mass is 350 g/mol. The minimum atomic E-state index is -0.425. The Morgan fingerprint density at radius 2 is 1.58 bits per heavy atom. The largest absolute Gasteiger partial charge is 0.350 e. The summed E-state index contributed by atoms with van der Waals surface area (Å²) in [5.41, 5.74) is 2.47. The summed E-state index contributed by atoms with van der Waals surface area (Å²) in [6.07, 6.45) is 7.20. The minimum absolute atomic E-state index is 0.0350. The van der Waals surface area contributed by atoms with Gasteiger partial charge >= 0.3 is 0 Å². The zero-order chi connectivity index (χ0) is 18.4. The Morgan fingerprint density at radius 3 is 2.19 bits per heavy atom. The van der Waals surface area contributed by atoms with Crippen LogP contribution < -0.4 is 5.32 Å². The number of nitrogens with one attached hydrogen (secondary N) is 1. The van der Waals surface area contributed by atoms with Crippen molar-refractivity contribution >= 4 is 17.2 Å². The average Bonchev–Trinajstić information content (AvgIpc) is 2.68. The molecule has 1 aliphatic rings. The van der Waals surface area contributed by atoms with E-state index in [9.17, 15) is 14.9 Å². The van der Waals surface area contributed by atoms with Crippen molar-refractivity contribution in [2.24, 2.45) is 0 Å². The predicted octanol–water partition coefficient (Wildman–Crippen LogP) is 4.48. The number of nitro benzene ring substituents is 1. The van der Waals surface area contributed by atoms with E-state index in [1.165, 1.54) is 18.6 Å². The van der Waals surface area contributed by atoms with E-state index in [1.807, 2.05) is 30.3 Å². The van der Waals surface area contributed by atoms with Gasteiger partial charge in [0.15, 0.2) is 0 Å². The second kappa shape index (κ2) is 8.43. The Balaban J connectivity index is 1.87. The minimum Gasteiger partial charge on any atom is -0.350 e. The van der Waals surface area contributed by atoms with E-state index in [1.54, 1.807) is 18.2 Å². The van der Waals surface area contributed by atoms with Gasteiger partial charge in [0.25, 0.3) is 5.69 Å². The summed E-state index contributed by atoms with van der Waals surface area (Å²) >= 11 is 0. The molecule has 5 nitrogen and oxygen atoms in total. The van der Waals surface area contributed by atoms with Gasteiger partial charge < -0.3 is 5.32 Å². The first kappa shape index (κ1) is 17.9. The molecule has 0 unspecified atom stereocenters. The maximum atomic E-state index is 12.5. The van der Waals surface area contributed by atoms with E-state index >= 15 is 0 Å². The van der Waals surface area contributed by atoms with Crippen molar-refractivity contribution in [2.45, 2.75) is 38.1 Å². The van der Waals surface area contributed by atoms with Gasteiger partial charge in [0.1, 0.15) is 0 Å². The van der Waals surface area contributed by atoms with Gasteiger partial charge in [-0.25, -0.2) is 0 Å². The van der Waals surface area contributed by atoms with E-state index in [-0.39, 0.29) is 17.6 Å². The van der Waals surface area contributed by atoms with Crippen LogP contribution in [0, 0.1) is 10.1 Å². The standard InChI is InChI=1S/C21H22N2O3/c24-21(22-18-9-5-2-6-10-18)15-20(16-7-3-1-4-8-16)17-11-13-19(14-12-17)23(25)26/h1,3-4,7-8,11-15,18H,2,5-6,9-10H2,(H,22,24). The van der Waals surface area contributed by atoms with Crippen LogP contribution in [0.1, 0.15) is 43.2 Å². The Labute approximate surface area is 152 Å². The number of nitrogens with zero attached hydrogens (tertiary/aromatic N) is 1. The van der Waals surface area contributed by atoms with Crippen LogP contribution in [0.4, 0.5) is 5.69 Å². The number of carbonyl (C=O) groups excluding carboxylic acids is 1. The summed E-state index contributed by atoms with van der Waals surface area (Å²) in [6.45, 7) is 0. The highest BCUT2D eigenvalue weighted by Gasteiger charge is 2.16. The van der Waals surface area contributed by atoms with Crippen LogP contribution in [-0.2, 0) is 4.79 Å². The van der Waals surface area contributed by atoms with Crippen LogP contribution in [0.3, 0.4) is 0 Å². The van der Waals surface area contributed by atoms with Gasteiger partial charge in [-0.1, -0.05) is 49.6 Å². The van der Waals surface area contributed by atoms with Crippen molar-refractivity contribution < 1.29 is 9.72 Å². The lowest BCUT2D eigenvalue weighted by Crippen LogP contribution is -2.35. The fourth-order valence-corrected chi connectivity index (χ4v) is 3.33. The fourth-order valence-electron chi connectivity index (χ4n) is 3.33. The number of carbonyl (C=O) groups is 1. The Hall–Kier alpha value is -2.95. The molecule has 2 aromatic rings. The third kappa shape index (κ3) is 4.57. The quantitative estimate of drug-likeness (QED) is 0.491. The highest BCUT2D eigenvalue weighted by Crippen LogP contribution is 2.25. The summed E-state index contributed by atoms with van der Waals surface area (Å²) in [4.78, 5) is 23.0. The highest BCUT2D eigenvalue weighted by molar-refractivity contribution is 5.99. The number of hydrogen-bond donors (Lipinski definition) is 1. The second-order valence-electron chi connectivity index (χ2n) is 6.57. The molecule has 0 spiro atoms. The summed E-state index contributed by atoms with van der Waals surface area (Å²) in [7, 11) is 0. The molecule has 0 heterocycles. The zero-order valence-corrected chi connectivity index (χ0v) is 14.6. The first-order valence-electron chi connectivity index (χ1n) is 8.96. The van der Waals surface area contributed by atoms with Gasteiger partial charge in [-0.05, 0) is 41.7 Å². The van der Waals surface area contributed by atoms with E-state index in [2.05, 4.69) is 5.32 Å². The third-order valence-electron chi connectivity index (χ3n) is 4.70. The maximum Gasteiger partial charge on any atom is 0.269 e. The molecule has 134 valence electrons. The molecule has 1 saturated carbocycles. The Bertz CT molecular complexity index is 792. The van der Waals surface area contributed by atoms with Crippen LogP contribution in [-0.4, -0.2) is 16.9 Å². The lowest BCUT2D eigenvalue weighted by atomic mass is 9.94. The number of rotatable bonds is 5. The van der Waals surface area contributed by atoms with E-state index in [0.717, 1.165) is 42.4 Å². The van der Waals surface area contributed by atoms with Gasteiger partial charge in [-0.15, -0.1) is 0 Å². The van der Waals surface area contributed by atoms with E-state index in [4.69, 9.17) is 0 Å². The lowest BCUT2D eigenvalue weighted by molar-refractivity contribution is -0.384. The first-order valence-corrected chi connectivity index (χ1v) is 8.96. The van der Waals surface area contributed by atoms with Crippen molar-refractivity contribution in [3.63, 3.8) is 0 Å². The van der Waals surface area contributed by atoms with Crippen molar-refractivity contribution in [1.82, 2.24) is 5.32 Å². The third-order valence-corrected chi connectivity index (χ3v) is 4.70. The second-order valence-corrected chi connectivity index (χ2v) is 6.57. The van der Waals surface area contributed by atoms with Crippen LogP contribution in [0.2, 0.25) is 0 Å². The van der Waals surface area contributed by atoms with Crippen LogP contribution in [0.25, 0.3) is 5.57 Å². The molecule has 0 radical (unpaired) electrons. The molecule has 0 saturated heterocycles. The molecule has 2 aromatic carbocycles. The SMILES string of the molecule is O=C(C=C(c1ccccc1)c1ccc([N+](=O)[O-])cc1)NC1CCCCC1. The van der Waals surface area contributed by atoms with E-state index in [0.29, 0.717) is 0 Å². The fraction of sp³-hybridized carbons (Fsp3) is 0.286. The summed E-state index contributed by atoms with van der Waals surface area (Å²) in [5, 5.41) is 14.0. The maximum absolute atomic E-state index is 12.5. The molecule has 1 fully saturated rings. The van der Waals surface area contributed by atoms with Gasteiger partial charge in [-0.3, -0.25) is 14.9 Å². The number of nitro groups is 1. The Kier molecular flexibility index (Phi) is 5.79. The molecule has 0 aliphatic heterocycles. The Morgan fingerprint density at radius 1 is 0.962 bits per heavy atom. The molecular weight excluding hydrogens is 328 g/mol. The molecule has 1 N–H and O–H groups in total. The van der Waals surface area contributed by atoms with E-state index < -0.39 is 4.92 Å². The highest BCUT2D eigenvalue weighted by atomic mass is 16.6. The molecule has 1 amide bonds. The van der Waals surface area contributed by atoms with Gasteiger partial charge in [0.2, 0.25) is 5.91 Å².